The Morgan fingerprint density at radius 2 is 2.21 bits per heavy atom. The van der Waals surface area contributed by atoms with Crippen LogP contribution < -0.4 is 15.4 Å². The molecule has 1 saturated heterocycles. The van der Waals surface area contributed by atoms with Crippen LogP contribution in [0, 0.1) is 5.92 Å². The van der Waals surface area contributed by atoms with Gasteiger partial charge in [-0.25, -0.2) is 0 Å². The molecule has 6 nitrogen and oxygen atoms in total. The minimum Gasteiger partial charge on any atom is -0.475 e. The molecule has 1 aromatic heterocycles. The summed E-state index contributed by atoms with van der Waals surface area (Å²) >= 11 is 0. The van der Waals surface area contributed by atoms with Crippen molar-refractivity contribution in [3.05, 3.63) is 6.07 Å². The summed E-state index contributed by atoms with van der Waals surface area (Å²) in [5, 5.41) is 10.2. The van der Waals surface area contributed by atoms with Gasteiger partial charge in [0.25, 0.3) is 0 Å². The molecule has 3 N–H and O–H groups in total. The van der Waals surface area contributed by atoms with Gasteiger partial charge in [-0.05, 0) is 20.8 Å². The quantitative estimate of drug-likeness (QED) is 0.850. The van der Waals surface area contributed by atoms with Crippen LogP contribution in [-0.2, 0) is 0 Å². The van der Waals surface area contributed by atoms with Gasteiger partial charge in [0.1, 0.15) is 5.82 Å². The highest BCUT2D eigenvalue weighted by molar-refractivity contribution is 5.47. The predicted octanol–water partition coefficient (Wildman–Crippen LogP) is 1.05. The summed E-state index contributed by atoms with van der Waals surface area (Å²) in [6, 6.07) is 1.77. The number of nitrogens with two attached hydrogens (primary N) is 1. The molecule has 2 atom stereocenters. The number of hydrogen-bond acceptors (Lipinski definition) is 6. The molecule has 1 fully saturated rings. The summed E-state index contributed by atoms with van der Waals surface area (Å²) in [6.45, 7) is 9.00. The summed E-state index contributed by atoms with van der Waals surface area (Å²) in [5.74, 6) is 1.54. The van der Waals surface area contributed by atoms with Crippen molar-refractivity contribution in [2.24, 2.45) is 5.92 Å². The van der Waals surface area contributed by atoms with Crippen molar-refractivity contribution in [2.45, 2.75) is 39.4 Å². The van der Waals surface area contributed by atoms with Gasteiger partial charge in [-0.3, -0.25) is 0 Å². The number of aromatic nitrogens is 2. The number of rotatable bonds is 3. The Morgan fingerprint density at radius 3 is 2.74 bits per heavy atom. The maximum atomic E-state index is 10.2. The van der Waals surface area contributed by atoms with Gasteiger partial charge in [0, 0.05) is 25.1 Å². The molecule has 0 aromatic carbocycles. The molecule has 6 heteroatoms. The molecular formula is C13H22N4O2. The molecule has 1 aliphatic heterocycles. The minimum absolute atomic E-state index is 0.0303. The van der Waals surface area contributed by atoms with Gasteiger partial charge in [-0.1, -0.05) is 6.92 Å². The van der Waals surface area contributed by atoms with E-state index in [-0.39, 0.29) is 18.0 Å². The first-order valence-corrected chi connectivity index (χ1v) is 6.56. The number of hydrogen-bond donors (Lipinski definition) is 2. The van der Waals surface area contributed by atoms with Crippen LogP contribution in [0.2, 0.25) is 0 Å². The molecule has 0 radical (unpaired) electrons. The monoisotopic (exact) mass is 266 g/mol. The standard InChI is InChI=1S/C13H22N4O2/c1-8(2)19-11-5-10(15-12(14)16-11)17-6-9(3)13(4,18)7-17/h5,8-9,18H,6-7H2,1-4H3,(H2,14,15,16)/t9-,13+/m1/s1. The second-order valence-corrected chi connectivity index (χ2v) is 5.73. The third kappa shape index (κ3) is 3.07. The van der Waals surface area contributed by atoms with E-state index in [1.54, 1.807) is 6.07 Å². The number of ether oxygens (including phenoxy) is 1. The van der Waals surface area contributed by atoms with Gasteiger partial charge in [0.05, 0.1) is 11.7 Å². The van der Waals surface area contributed by atoms with Crippen molar-refractivity contribution in [3.8, 4) is 5.88 Å². The van der Waals surface area contributed by atoms with Crippen LogP contribution in [0.5, 0.6) is 5.88 Å². The Kier molecular flexibility index (Phi) is 3.54. The Balaban J connectivity index is 2.23. The first-order valence-electron chi connectivity index (χ1n) is 6.56. The highest BCUT2D eigenvalue weighted by Gasteiger charge is 2.39. The van der Waals surface area contributed by atoms with E-state index in [0.29, 0.717) is 18.2 Å². The van der Waals surface area contributed by atoms with E-state index in [1.165, 1.54) is 0 Å². The van der Waals surface area contributed by atoms with Gasteiger partial charge < -0.3 is 20.5 Å². The summed E-state index contributed by atoms with van der Waals surface area (Å²) in [7, 11) is 0. The molecule has 0 unspecified atom stereocenters. The number of β-amino-alcohol motifs (C(OH)–C–C–N with tert-alkyl or cyclic N) is 1. The third-order valence-electron chi connectivity index (χ3n) is 3.45. The van der Waals surface area contributed by atoms with Crippen LogP contribution in [0.1, 0.15) is 27.7 Å². The molecular weight excluding hydrogens is 244 g/mol. The van der Waals surface area contributed by atoms with Crippen LogP contribution in [-0.4, -0.2) is 39.9 Å². The minimum atomic E-state index is -0.710. The maximum absolute atomic E-state index is 10.2. The van der Waals surface area contributed by atoms with Crippen LogP contribution in [0.15, 0.2) is 6.07 Å². The number of nitrogens with zero attached hydrogens (tertiary/aromatic N) is 3. The zero-order valence-corrected chi connectivity index (χ0v) is 11.9. The molecule has 0 saturated carbocycles. The van der Waals surface area contributed by atoms with Crippen molar-refractivity contribution >= 4 is 11.8 Å². The average molecular weight is 266 g/mol. The van der Waals surface area contributed by atoms with Crippen molar-refractivity contribution in [2.75, 3.05) is 23.7 Å². The maximum Gasteiger partial charge on any atom is 0.225 e. The molecule has 0 aliphatic carbocycles. The molecule has 106 valence electrons. The van der Waals surface area contributed by atoms with Crippen LogP contribution in [0.25, 0.3) is 0 Å². The topological polar surface area (TPSA) is 84.5 Å². The molecule has 2 rings (SSSR count). The third-order valence-corrected chi connectivity index (χ3v) is 3.45. The van der Waals surface area contributed by atoms with Crippen LogP contribution >= 0.6 is 0 Å². The van der Waals surface area contributed by atoms with E-state index in [2.05, 4.69) is 9.97 Å². The molecule has 1 aliphatic rings. The molecule has 1 aromatic rings. The summed E-state index contributed by atoms with van der Waals surface area (Å²) in [6.07, 6.45) is 0.0303. The van der Waals surface area contributed by atoms with Gasteiger partial charge in [0.15, 0.2) is 0 Å². The summed E-state index contributed by atoms with van der Waals surface area (Å²) < 4.78 is 5.55. The SMILES string of the molecule is CC(C)Oc1cc(N2C[C@@H](C)[C@@](C)(O)C2)nc(N)n1. The summed E-state index contributed by atoms with van der Waals surface area (Å²) in [4.78, 5) is 10.3. The van der Waals surface area contributed by atoms with Crippen molar-refractivity contribution in [1.29, 1.82) is 0 Å². The smallest absolute Gasteiger partial charge is 0.225 e. The van der Waals surface area contributed by atoms with Crippen molar-refractivity contribution in [1.82, 2.24) is 9.97 Å². The lowest BCUT2D eigenvalue weighted by Crippen LogP contribution is -2.33. The Morgan fingerprint density at radius 1 is 1.53 bits per heavy atom. The number of nitrogen functional groups attached to an aromatic ring is 1. The fourth-order valence-corrected chi connectivity index (χ4v) is 2.20. The van der Waals surface area contributed by atoms with E-state index in [1.807, 2.05) is 32.6 Å². The van der Waals surface area contributed by atoms with E-state index in [9.17, 15) is 5.11 Å². The molecule has 19 heavy (non-hydrogen) atoms. The Bertz CT molecular complexity index is 462. The largest absolute Gasteiger partial charge is 0.475 e. The first-order chi connectivity index (χ1) is 8.78. The highest BCUT2D eigenvalue weighted by Crippen LogP contribution is 2.31. The van der Waals surface area contributed by atoms with Crippen LogP contribution in [0.4, 0.5) is 11.8 Å². The van der Waals surface area contributed by atoms with Crippen molar-refractivity contribution in [3.63, 3.8) is 0 Å². The van der Waals surface area contributed by atoms with Crippen LogP contribution in [0.3, 0.4) is 0 Å². The van der Waals surface area contributed by atoms with E-state index in [0.717, 1.165) is 6.54 Å². The lowest BCUT2D eigenvalue weighted by Gasteiger charge is -2.21. The molecule has 0 amide bonds. The fourth-order valence-electron chi connectivity index (χ4n) is 2.20. The summed E-state index contributed by atoms with van der Waals surface area (Å²) in [5.41, 5.74) is 5.00. The number of aliphatic hydroxyl groups is 1. The van der Waals surface area contributed by atoms with E-state index < -0.39 is 5.60 Å². The second-order valence-electron chi connectivity index (χ2n) is 5.73. The zero-order valence-electron chi connectivity index (χ0n) is 11.9. The average Bonchev–Trinajstić information content (AvgIpc) is 2.51. The van der Waals surface area contributed by atoms with Gasteiger partial charge in [-0.15, -0.1) is 0 Å². The molecule has 2 heterocycles. The van der Waals surface area contributed by atoms with Crippen molar-refractivity contribution < 1.29 is 9.84 Å². The van der Waals surface area contributed by atoms with Gasteiger partial charge in [0.2, 0.25) is 11.8 Å². The highest BCUT2D eigenvalue weighted by atomic mass is 16.5. The fraction of sp³-hybridized carbons (Fsp3) is 0.692. The van der Waals surface area contributed by atoms with Gasteiger partial charge in [-0.2, -0.15) is 9.97 Å². The second kappa shape index (κ2) is 4.85. The predicted molar refractivity (Wildman–Crippen MR) is 74.2 cm³/mol. The van der Waals surface area contributed by atoms with E-state index >= 15 is 0 Å². The van der Waals surface area contributed by atoms with Gasteiger partial charge >= 0.3 is 0 Å². The molecule has 0 spiro atoms. The first kappa shape index (κ1) is 13.9. The molecule has 0 bridgehead atoms. The Hall–Kier alpha value is -1.56. The lowest BCUT2D eigenvalue weighted by atomic mass is 9.95. The normalized spacial score (nSPS) is 27.1. The number of anilines is 2. The Labute approximate surface area is 113 Å². The zero-order chi connectivity index (χ0) is 14.2. The lowest BCUT2D eigenvalue weighted by molar-refractivity contribution is 0.0443. The van der Waals surface area contributed by atoms with E-state index in [4.69, 9.17) is 10.5 Å².